The van der Waals surface area contributed by atoms with Crippen molar-refractivity contribution < 1.29 is 13.9 Å². The second kappa shape index (κ2) is 7.94. The molecule has 4 rings (SSSR count). The SMILES string of the molecule is COc1ccc(-c2nc(CN3CCN(C(=O)c4ccco4)CC3)cs2)cc1. The number of rotatable bonds is 5. The fourth-order valence-corrected chi connectivity index (χ4v) is 3.96. The molecule has 0 radical (unpaired) electrons. The molecule has 3 aromatic rings. The van der Waals surface area contributed by atoms with Gasteiger partial charge in [0, 0.05) is 43.7 Å². The molecular weight excluding hydrogens is 362 g/mol. The fraction of sp³-hybridized carbons (Fsp3) is 0.300. The molecule has 0 atom stereocenters. The van der Waals surface area contributed by atoms with Crippen molar-refractivity contribution in [2.75, 3.05) is 33.3 Å². The topological polar surface area (TPSA) is 58.8 Å². The molecule has 0 saturated carbocycles. The molecule has 1 saturated heterocycles. The molecule has 0 spiro atoms. The zero-order valence-electron chi connectivity index (χ0n) is 15.1. The summed E-state index contributed by atoms with van der Waals surface area (Å²) in [6, 6.07) is 11.4. The number of aromatic nitrogens is 1. The zero-order chi connectivity index (χ0) is 18.6. The average Bonchev–Trinajstić information content (AvgIpc) is 3.40. The number of ether oxygens (including phenoxy) is 1. The van der Waals surface area contributed by atoms with Gasteiger partial charge in [0.25, 0.3) is 5.91 Å². The molecule has 6 nitrogen and oxygen atoms in total. The first-order valence-electron chi connectivity index (χ1n) is 8.87. The van der Waals surface area contributed by atoms with Crippen molar-refractivity contribution in [1.29, 1.82) is 0 Å². The van der Waals surface area contributed by atoms with E-state index in [9.17, 15) is 4.79 Å². The number of carbonyl (C=O) groups excluding carboxylic acids is 1. The molecule has 1 fully saturated rings. The van der Waals surface area contributed by atoms with Crippen LogP contribution in [0.5, 0.6) is 5.75 Å². The van der Waals surface area contributed by atoms with Crippen molar-refractivity contribution in [2.24, 2.45) is 0 Å². The molecule has 0 bridgehead atoms. The lowest BCUT2D eigenvalue weighted by atomic mass is 10.2. The van der Waals surface area contributed by atoms with Gasteiger partial charge in [-0.1, -0.05) is 0 Å². The highest BCUT2D eigenvalue weighted by molar-refractivity contribution is 7.13. The van der Waals surface area contributed by atoms with E-state index in [0.29, 0.717) is 18.8 Å². The van der Waals surface area contributed by atoms with E-state index in [2.05, 4.69) is 10.3 Å². The summed E-state index contributed by atoms with van der Waals surface area (Å²) in [4.78, 5) is 21.3. The summed E-state index contributed by atoms with van der Waals surface area (Å²) >= 11 is 1.65. The van der Waals surface area contributed by atoms with Gasteiger partial charge in [-0.2, -0.15) is 0 Å². The number of carbonyl (C=O) groups is 1. The van der Waals surface area contributed by atoms with Crippen LogP contribution >= 0.6 is 11.3 Å². The molecule has 1 aliphatic heterocycles. The normalized spacial score (nSPS) is 15.1. The number of furan rings is 1. The fourth-order valence-electron chi connectivity index (χ4n) is 3.14. The van der Waals surface area contributed by atoms with Crippen LogP contribution in [0, 0.1) is 0 Å². The molecule has 2 aromatic heterocycles. The van der Waals surface area contributed by atoms with Crippen molar-refractivity contribution in [3.8, 4) is 16.3 Å². The Morgan fingerprint density at radius 2 is 1.96 bits per heavy atom. The maximum absolute atomic E-state index is 12.3. The van der Waals surface area contributed by atoms with E-state index in [1.54, 1.807) is 30.6 Å². The number of amides is 1. The van der Waals surface area contributed by atoms with E-state index >= 15 is 0 Å². The van der Waals surface area contributed by atoms with E-state index in [1.165, 1.54) is 6.26 Å². The monoisotopic (exact) mass is 383 g/mol. The second-order valence-corrected chi connectivity index (χ2v) is 7.28. The summed E-state index contributed by atoms with van der Waals surface area (Å²) in [5.74, 6) is 1.22. The first kappa shape index (κ1) is 17.8. The largest absolute Gasteiger partial charge is 0.497 e. The lowest BCUT2D eigenvalue weighted by Crippen LogP contribution is -2.48. The molecule has 140 valence electrons. The van der Waals surface area contributed by atoms with Gasteiger partial charge in [0.15, 0.2) is 5.76 Å². The van der Waals surface area contributed by atoms with Crippen LogP contribution in [0.3, 0.4) is 0 Å². The van der Waals surface area contributed by atoms with Gasteiger partial charge >= 0.3 is 0 Å². The number of methoxy groups -OCH3 is 1. The van der Waals surface area contributed by atoms with Gasteiger partial charge < -0.3 is 14.1 Å². The van der Waals surface area contributed by atoms with E-state index in [4.69, 9.17) is 14.1 Å². The number of piperazine rings is 1. The number of benzene rings is 1. The van der Waals surface area contributed by atoms with Gasteiger partial charge in [-0.05, 0) is 36.4 Å². The standard InChI is InChI=1S/C20H21N3O3S/c1-25-17-6-4-15(5-7-17)19-21-16(14-27-19)13-22-8-10-23(11-9-22)20(24)18-3-2-12-26-18/h2-7,12,14H,8-11,13H2,1H3. The zero-order valence-corrected chi connectivity index (χ0v) is 15.9. The van der Waals surface area contributed by atoms with E-state index < -0.39 is 0 Å². The minimum atomic E-state index is -0.0323. The number of nitrogens with zero attached hydrogens (tertiary/aromatic N) is 3. The van der Waals surface area contributed by atoms with Crippen molar-refractivity contribution in [2.45, 2.75) is 6.54 Å². The Balaban J connectivity index is 1.33. The van der Waals surface area contributed by atoms with Gasteiger partial charge in [0.1, 0.15) is 10.8 Å². The highest BCUT2D eigenvalue weighted by Crippen LogP contribution is 2.26. The van der Waals surface area contributed by atoms with Gasteiger partial charge in [-0.25, -0.2) is 4.98 Å². The highest BCUT2D eigenvalue weighted by Gasteiger charge is 2.24. The molecule has 0 N–H and O–H groups in total. The molecule has 0 aliphatic carbocycles. The van der Waals surface area contributed by atoms with E-state index in [0.717, 1.165) is 41.6 Å². The third-order valence-electron chi connectivity index (χ3n) is 4.67. The number of hydrogen-bond donors (Lipinski definition) is 0. The lowest BCUT2D eigenvalue weighted by Gasteiger charge is -2.33. The molecule has 3 heterocycles. The van der Waals surface area contributed by atoms with Gasteiger partial charge in [0.05, 0.1) is 19.1 Å². The lowest BCUT2D eigenvalue weighted by molar-refractivity contribution is 0.0596. The van der Waals surface area contributed by atoms with Crippen molar-refractivity contribution in [3.63, 3.8) is 0 Å². The van der Waals surface area contributed by atoms with Crippen LogP contribution in [-0.2, 0) is 6.54 Å². The van der Waals surface area contributed by atoms with Crippen LogP contribution in [0.1, 0.15) is 16.2 Å². The molecule has 1 amide bonds. The van der Waals surface area contributed by atoms with Gasteiger partial charge in [-0.3, -0.25) is 9.69 Å². The third kappa shape index (κ3) is 4.04. The molecule has 1 aliphatic rings. The summed E-state index contributed by atoms with van der Waals surface area (Å²) < 4.78 is 10.4. The number of hydrogen-bond acceptors (Lipinski definition) is 6. The Bertz CT molecular complexity index is 882. The van der Waals surface area contributed by atoms with Crippen LogP contribution in [-0.4, -0.2) is 54.0 Å². The van der Waals surface area contributed by atoms with E-state index in [-0.39, 0.29) is 5.91 Å². The molecule has 1 aromatic carbocycles. The second-order valence-electron chi connectivity index (χ2n) is 6.42. The average molecular weight is 383 g/mol. The van der Waals surface area contributed by atoms with E-state index in [1.807, 2.05) is 29.2 Å². The third-order valence-corrected chi connectivity index (χ3v) is 5.61. The maximum Gasteiger partial charge on any atom is 0.289 e. The number of thiazole rings is 1. The molecule has 27 heavy (non-hydrogen) atoms. The summed E-state index contributed by atoms with van der Waals surface area (Å²) in [6.07, 6.45) is 1.53. The summed E-state index contributed by atoms with van der Waals surface area (Å²) in [6.45, 7) is 3.88. The molecular formula is C20H21N3O3S. The van der Waals surface area contributed by atoms with Crippen LogP contribution in [0.15, 0.2) is 52.5 Å². The Kier molecular flexibility index (Phi) is 5.22. The summed E-state index contributed by atoms with van der Waals surface area (Å²) in [5.41, 5.74) is 2.16. The quantitative estimate of drug-likeness (QED) is 0.676. The highest BCUT2D eigenvalue weighted by atomic mass is 32.1. The minimum Gasteiger partial charge on any atom is -0.497 e. The minimum absolute atomic E-state index is 0.0323. The molecule has 7 heteroatoms. The Labute approximate surface area is 162 Å². The van der Waals surface area contributed by atoms with Gasteiger partial charge in [-0.15, -0.1) is 11.3 Å². The first-order valence-corrected chi connectivity index (χ1v) is 9.75. The van der Waals surface area contributed by atoms with Crippen LogP contribution < -0.4 is 4.74 Å². The summed E-state index contributed by atoms with van der Waals surface area (Å²) in [5, 5.41) is 3.12. The van der Waals surface area contributed by atoms with Crippen molar-refractivity contribution >= 4 is 17.2 Å². The van der Waals surface area contributed by atoms with Crippen LogP contribution in [0.2, 0.25) is 0 Å². The smallest absolute Gasteiger partial charge is 0.289 e. The van der Waals surface area contributed by atoms with Gasteiger partial charge in [0.2, 0.25) is 0 Å². The summed E-state index contributed by atoms with van der Waals surface area (Å²) in [7, 11) is 1.67. The Hall–Kier alpha value is -2.64. The van der Waals surface area contributed by atoms with Crippen LogP contribution in [0.4, 0.5) is 0 Å². The van der Waals surface area contributed by atoms with Crippen LogP contribution in [0.25, 0.3) is 10.6 Å². The predicted octanol–water partition coefficient (Wildman–Crippen LogP) is 3.37. The Morgan fingerprint density at radius 3 is 2.63 bits per heavy atom. The van der Waals surface area contributed by atoms with Crippen molar-refractivity contribution in [3.05, 3.63) is 59.5 Å². The Morgan fingerprint density at radius 1 is 1.19 bits per heavy atom. The molecule has 0 unspecified atom stereocenters. The first-order chi connectivity index (χ1) is 13.2. The predicted molar refractivity (Wildman–Crippen MR) is 104 cm³/mol. The van der Waals surface area contributed by atoms with Crippen molar-refractivity contribution in [1.82, 2.24) is 14.8 Å². The maximum atomic E-state index is 12.3.